The molecule has 0 aliphatic carbocycles. The van der Waals surface area contributed by atoms with Crippen molar-refractivity contribution in [2.75, 3.05) is 25.7 Å². The summed E-state index contributed by atoms with van der Waals surface area (Å²) >= 11 is 1.32. The van der Waals surface area contributed by atoms with Gasteiger partial charge >= 0.3 is 0 Å². The molecule has 1 amide bonds. The summed E-state index contributed by atoms with van der Waals surface area (Å²) in [6.45, 7) is 0.354. The predicted molar refractivity (Wildman–Crippen MR) is 121 cm³/mol. The van der Waals surface area contributed by atoms with Crippen LogP contribution in [0.15, 0.2) is 47.5 Å². The standard InChI is InChI=1S/C22H23FN2O5S2/c1-29-18-8-5-15(9-19(18)30-2)10-21(26)24-22-25(11-14-3-6-16(23)7-4-14)17-12-32(27,28)13-20(17)31-22/h3-9,17,20H,10-13H2,1-2H3/t17-,20-/m0/s1. The van der Waals surface area contributed by atoms with E-state index in [9.17, 15) is 17.6 Å². The molecule has 4 rings (SSSR count). The summed E-state index contributed by atoms with van der Waals surface area (Å²) in [6, 6.07) is 11.0. The van der Waals surface area contributed by atoms with Crippen LogP contribution in [0.5, 0.6) is 11.5 Å². The first-order chi connectivity index (χ1) is 15.3. The molecule has 2 aliphatic rings. The number of rotatable bonds is 6. The van der Waals surface area contributed by atoms with Crippen molar-refractivity contribution in [3.8, 4) is 11.5 Å². The molecule has 2 heterocycles. The van der Waals surface area contributed by atoms with E-state index in [1.807, 2.05) is 4.90 Å². The minimum absolute atomic E-state index is 0.0226. The summed E-state index contributed by atoms with van der Waals surface area (Å²) in [5.74, 6) is 0.496. The van der Waals surface area contributed by atoms with Crippen LogP contribution in [0.2, 0.25) is 0 Å². The van der Waals surface area contributed by atoms with Gasteiger partial charge in [0.05, 0.1) is 38.2 Å². The summed E-state index contributed by atoms with van der Waals surface area (Å²) in [6.07, 6.45) is 0.0719. The Kier molecular flexibility index (Phi) is 6.43. The average Bonchev–Trinajstić information content (AvgIpc) is 3.21. The Bertz CT molecular complexity index is 1150. The summed E-state index contributed by atoms with van der Waals surface area (Å²) < 4.78 is 48.1. The Morgan fingerprint density at radius 2 is 1.78 bits per heavy atom. The highest BCUT2D eigenvalue weighted by molar-refractivity contribution is 8.15. The van der Waals surface area contributed by atoms with Crippen molar-refractivity contribution in [3.63, 3.8) is 0 Å². The number of methoxy groups -OCH3 is 2. The molecule has 2 aromatic carbocycles. The topological polar surface area (TPSA) is 85.3 Å². The summed E-state index contributed by atoms with van der Waals surface area (Å²) in [5, 5.41) is 0.331. The van der Waals surface area contributed by atoms with E-state index in [0.29, 0.717) is 23.2 Å². The number of nitrogens with zero attached hydrogens (tertiary/aromatic N) is 2. The highest BCUT2D eigenvalue weighted by Gasteiger charge is 2.48. The second-order valence-electron chi connectivity index (χ2n) is 7.71. The predicted octanol–water partition coefficient (Wildman–Crippen LogP) is 2.68. The number of halogens is 1. The van der Waals surface area contributed by atoms with E-state index in [-0.39, 0.29) is 40.9 Å². The first kappa shape index (κ1) is 22.6. The molecule has 32 heavy (non-hydrogen) atoms. The zero-order valence-corrected chi connectivity index (χ0v) is 19.3. The highest BCUT2D eigenvalue weighted by atomic mass is 32.2. The van der Waals surface area contributed by atoms with Gasteiger partial charge in [0.15, 0.2) is 26.5 Å². The number of benzene rings is 2. The number of hydrogen-bond acceptors (Lipinski definition) is 6. The molecule has 0 spiro atoms. The number of carbonyl (C=O) groups is 1. The van der Waals surface area contributed by atoms with Crippen molar-refractivity contribution >= 4 is 32.7 Å². The molecule has 2 atom stereocenters. The van der Waals surface area contributed by atoms with E-state index >= 15 is 0 Å². The Morgan fingerprint density at radius 1 is 1.09 bits per heavy atom. The second-order valence-corrected chi connectivity index (χ2v) is 11.1. The van der Waals surface area contributed by atoms with Crippen LogP contribution < -0.4 is 9.47 Å². The minimum atomic E-state index is -3.14. The van der Waals surface area contributed by atoms with Crippen molar-refractivity contribution in [2.24, 2.45) is 4.99 Å². The molecule has 0 aromatic heterocycles. The Hall–Kier alpha value is -2.59. The molecule has 0 unspecified atom stereocenters. The van der Waals surface area contributed by atoms with E-state index in [0.717, 1.165) is 11.1 Å². The smallest absolute Gasteiger partial charge is 0.252 e. The molecule has 2 aliphatic heterocycles. The van der Waals surface area contributed by atoms with Crippen molar-refractivity contribution in [1.82, 2.24) is 4.90 Å². The first-order valence-corrected chi connectivity index (χ1v) is 12.7. The Labute approximate surface area is 190 Å². The average molecular weight is 479 g/mol. The third-order valence-corrected chi connectivity index (χ3v) is 8.71. The first-order valence-electron chi connectivity index (χ1n) is 9.98. The molecular weight excluding hydrogens is 455 g/mol. The number of amidine groups is 1. The third-order valence-electron chi connectivity index (χ3n) is 5.46. The number of hydrogen-bond donors (Lipinski definition) is 0. The Balaban J connectivity index is 1.56. The largest absolute Gasteiger partial charge is 0.493 e. The third kappa shape index (κ3) is 4.91. The van der Waals surface area contributed by atoms with Gasteiger partial charge in [0.25, 0.3) is 5.91 Å². The van der Waals surface area contributed by atoms with Gasteiger partial charge in [0.2, 0.25) is 0 Å². The van der Waals surface area contributed by atoms with Crippen LogP contribution in [0.1, 0.15) is 11.1 Å². The van der Waals surface area contributed by atoms with Gasteiger partial charge in [-0.3, -0.25) is 4.79 Å². The molecule has 2 aromatic rings. The lowest BCUT2D eigenvalue weighted by molar-refractivity contribution is -0.117. The van der Waals surface area contributed by atoms with Gasteiger partial charge in [-0.05, 0) is 35.4 Å². The number of thioether (sulfide) groups is 1. The van der Waals surface area contributed by atoms with Crippen LogP contribution >= 0.6 is 11.8 Å². The molecule has 10 heteroatoms. The number of ether oxygens (including phenoxy) is 2. The van der Waals surface area contributed by atoms with Crippen molar-refractivity contribution in [3.05, 3.63) is 59.4 Å². The lowest BCUT2D eigenvalue weighted by Gasteiger charge is -2.24. The molecule has 2 fully saturated rings. The zero-order valence-electron chi connectivity index (χ0n) is 17.7. The molecule has 7 nitrogen and oxygen atoms in total. The van der Waals surface area contributed by atoms with Gasteiger partial charge in [-0.25, -0.2) is 12.8 Å². The van der Waals surface area contributed by atoms with Gasteiger partial charge in [0.1, 0.15) is 5.82 Å². The van der Waals surface area contributed by atoms with E-state index in [4.69, 9.17) is 9.47 Å². The fraction of sp³-hybridized carbons (Fsp3) is 0.364. The highest BCUT2D eigenvalue weighted by Crippen LogP contribution is 2.39. The van der Waals surface area contributed by atoms with E-state index < -0.39 is 9.84 Å². The molecule has 0 bridgehead atoms. The summed E-state index contributed by atoms with van der Waals surface area (Å²) in [5.41, 5.74) is 1.55. The van der Waals surface area contributed by atoms with Gasteiger partial charge in [0, 0.05) is 11.8 Å². The fourth-order valence-electron chi connectivity index (χ4n) is 3.92. The lowest BCUT2D eigenvalue weighted by atomic mass is 10.1. The maximum atomic E-state index is 13.3. The van der Waals surface area contributed by atoms with Crippen LogP contribution in [0, 0.1) is 5.82 Å². The molecule has 0 N–H and O–H groups in total. The molecule has 2 saturated heterocycles. The van der Waals surface area contributed by atoms with Crippen LogP contribution in [0.3, 0.4) is 0 Å². The maximum Gasteiger partial charge on any atom is 0.252 e. The van der Waals surface area contributed by atoms with Crippen molar-refractivity contribution < 1.29 is 27.1 Å². The number of amides is 1. The monoisotopic (exact) mass is 478 g/mol. The molecule has 0 saturated carbocycles. The Morgan fingerprint density at radius 3 is 2.47 bits per heavy atom. The van der Waals surface area contributed by atoms with Crippen molar-refractivity contribution in [1.29, 1.82) is 0 Å². The second kappa shape index (κ2) is 9.11. The van der Waals surface area contributed by atoms with Gasteiger partial charge in [-0.2, -0.15) is 4.99 Å². The van der Waals surface area contributed by atoms with E-state index in [1.165, 1.54) is 31.0 Å². The summed E-state index contributed by atoms with van der Waals surface area (Å²) in [4.78, 5) is 18.9. The molecular formula is C22H23FN2O5S2. The normalized spacial score (nSPS) is 22.7. The maximum absolute atomic E-state index is 13.3. The van der Waals surface area contributed by atoms with Gasteiger partial charge in [-0.15, -0.1) is 0 Å². The minimum Gasteiger partial charge on any atom is -0.493 e. The van der Waals surface area contributed by atoms with Crippen molar-refractivity contribution in [2.45, 2.75) is 24.3 Å². The number of sulfone groups is 1. The fourth-order valence-corrected chi connectivity index (χ4v) is 7.89. The number of carbonyl (C=O) groups excluding carboxylic acids is 1. The molecule has 0 radical (unpaired) electrons. The van der Waals surface area contributed by atoms with Gasteiger partial charge in [-0.1, -0.05) is 30.0 Å². The zero-order chi connectivity index (χ0) is 22.9. The summed E-state index contributed by atoms with van der Waals surface area (Å²) in [7, 11) is -0.0732. The van der Waals surface area contributed by atoms with Gasteiger partial charge < -0.3 is 14.4 Å². The van der Waals surface area contributed by atoms with E-state index in [1.54, 1.807) is 37.4 Å². The van der Waals surface area contributed by atoms with Crippen LogP contribution in [-0.2, 0) is 27.6 Å². The van der Waals surface area contributed by atoms with Crippen LogP contribution in [-0.4, -0.2) is 61.4 Å². The lowest BCUT2D eigenvalue weighted by Crippen LogP contribution is -2.37. The molecule has 170 valence electrons. The van der Waals surface area contributed by atoms with Crippen LogP contribution in [0.25, 0.3) is 0 Å². The quantitative estimate of drug-likeness (QED) is 0.631. The SMILES string of the molecule is COc1ccc(CC(=O)N=C2S[C@H]3CS(=O)(=O)C[C@@H]3N2Cc2ccc(F)cc2)cc1OC. The van der Waals surface area contributed by atoms with Crippen LogP contribution in [0.4, 0.5) is 4.39 Å². The number of aliphatic imine (C=N–C) groups is 1. The number of fused-ring (bicyclic) bond motifs is 1. The van der Waals surface area contributed by atoms with E-state index in [2.05, 4.69) is 4.99 Å².